The van der Waals surface area contributed by atoms with Gasteiger partial charge in [0.2, 0.25) is 0 Å². The Balaban J connectivity index is 1.79. The zero-order chi connectivity index (χ0) is 9.10. The van der Waals surface area contributed by atoms with E-state index in [2.05, 4.69) is 29.0 Å². The summed E-state index contributed by atoms with van der Waals surface area (Å²) in [6.07, 6.45) is 3.26. The molecule has 0 aromatic carbocycles. The fraction of sp³-hybridized carbons (Fsp3) is 0.667. The van der Waals surface area contributed by atoms with Crippen LogP contribution in [0.2, 0.25) is 0 Å². The van der Waals surface area contributed by atoms with E-state index in [9.17, 15) is 0 Å². The van der Waals surface area contributed by atoms with Crippen LogP contribution in [0.25, 0.3) is 0 Å². The van der Waals surface area contributed by atoms with Crippen molar-refractivity contribution in [2.24, 2.45) is 0 Å². The molecule has 0 aliphatic carbocycles. The molecule has 2 unspecified atom stereocenters. The summed E-state index contributed by atoms with van der Waals surface area (Å²) in [5, 5.41) is 4.35. The highest BCUT2D eigenvalue weighted by Gasteiger charge is 2.22. The molecule has 0 radical (unpaired) electrons. The normalized spacial score (nSPS) is 28.1. The third-order valence-corrected chi connectivity index (χ3v) is 4.50. The van der Waals surface area contributed by atoms with Gasteiger partial charge in [0.15, 0.2) is 0 Å². The molecule has 0 spiro atoms. The molecule has 2 atom stereocenters. The minimum absolute atomic E-state index is 0.701. The van der Waals surface area contributed by atoms with E-state index in [0.717, 1.165) is 11.8 Å². The van der Waals surface area contributed by atoms with Gasteiger partial charge < -0.3 is 5.32 Å². The van der Waals surface area contributed by atoms with E-state index < -0.39 is 0 Å². The van der Waals surface area contributed by atoms with Gasteiger partial charge in [0.25, 0.3) is 0 Å². The molecule has 1 aliphatic rings. The monoisotopic (exact) mass is 214 g/mol. The van der Waals surface area contributed by atoms with Crippen LogP contribution in [-0.4, -0.2) is 22.0 Å². The molecule has 2 rings (SSSR count). The van der Waals surface area contributed by atoms with E-state index in [1.54, 1.807) is 11.3 Å². The van der Waals surface area contributed by atoms with Crippen LogP contribution in [0, 0.1) is 0 Å². The molecule has 0 bridgehead atoms. The number of thioether (sulfide) groups is 1. The van der Waals surface area contributed by atoms with Crippen molar-refractivity contribution < 1.29 is 0 Å². The van der Waals surface area contributed by atoms with Crippen LogP contribution < -0.4 is 5.32 Å². The topological polar surface area (TPSA) is 24.9 Å². The maximum Gasteiger partial charge on any atom is 0.0794 e. The lowest BCUT2D eigenvalue weighted by Crippen LogP contribution is -2.32. The Labute approximate surface area is 87.1 Å². The molecule has 1 N–H and O–H groups in total. The molecule has 2 heterocycles. The highest BCUT2D eigenvalue weighted by atomic mass is 32.2. The maximum absolute atomic E-state index is 4.06. The quantitative estimate of drug-likeness (QED) is 0.834. The van der Waals surface area contributed by atoms with Crippen LogP contribution in [-0.2, 0) is 6.54 Å². The van der Waals surface area contributed by atoms with Crippen molar-refractivity contribution in [2.75, 3.05) is 5.75 Å². The Morgan fingerprint density at radius 1 is 1.69 bits per heavy atom. The number of nitrogens with one attached hydrogen (secondary N) is 1. The van der Waals surface area contributed by atoms with Crippen molar-refractivity contribution in [1.82, 2.24) is 10.3 Å². The van der Waals surface area contributed by atoms with Gasteiger partial charge in [0, 0.05) is 28.9 Å². The Morgan fingerprint density at radius 2 is 2.62 bits per heavy atom. The van der Waals surface area contributed by atoms with Gasteiger partial charge in [-0.1, -0.05) is 6.92 Å². The molecule has 1 aromatic rings. The Hall–Kier alpha value is -0.0600. The predicted molar refractivity (Wildman–Crippen MR) is 59.3 cm³/mol. The zero-order valence-electron chi connectivity index (χ0n) is 7.69. The second-order valence-corrected chi connectivity index (χ2v) is 5.78. The Morgan fingerprint density at radius 3 is 3.23 bits per heavy atom. The fourth-order valence-electron chi connectivity index (χ4n) is 1.56. The van der Waals surface area contributed by atoms with Crippen LogP contribution in [0.3, 0.4) is 0 Å². The molecular formula is C9H14N2S2. The van der Waals surface area contributed by atoms with Gasteiger partial charge in [-0.3, -0.25) is 4.98 Å². The second-order valence-electron chi connectivity index (χ2n) is 3.32. The van der Waals surface area contributed by atoms with Gasteiger partial charge in [-0.05, 0) is 12.2 Å². The molecule has 1 saturated heterocycles. The van der Waals surface area contributed by atoms with Crippen molar-refractivity contribution in [1.29, 1.82) is 0 Å². The Bertz CT molecular complexity index is 248. The molecule has 4 heteroatoms. The van der Waals surface area contributed by atoms with E-state index >= 15 is 0 Å². The van der Waals surface area contributed by atoms with Crippen LogP contribution in [0.1, 0.15) is 18.2 Å². The van der Waals surface area contributed by atoms with Gasteiger partial charge >= 0.3 is 0 Å². The van der Waals surface area contributed by atoms with Gasteiger partial charge in [-0.25, -0.2) is 0 Å². The lowest BCUT2D eigenvalue weighted by Gasteiger charge is -2.15. The Kier molecular flexibility index (Phi) is 3.24. The molecule has 1 fully saturated rings. The smallest absolute Gasteiger partial charge is 0.0794 e. The zero-order valence-corrected chi connectivity index (χ0v) is 9.33. The van der Waals surface area contributed by atoms with Crippen LogP contribution in [0.15, 0.2) is 11.7 Å². The number of rotatable bonds is 3. The standard InChI is InChI=1S/C9H14N2S2/c1-7-9(2-3-12-7)11-5-8-4-10-6-13-8/h4,6-7,9,11H,2-3,5H2,1H3. The minimum atomic E-state index is 0.701. The summed E-state index contributed by atoms with van der Waals surface area (Å²) in [6.45, 7) is 3.29. The average Bonchev–Trinajstić information content (AvgIpc) is 2.72. The van der Waals surface area contributed by atoms with Crippen molar-refractivity contribution >= 4 is 23.1 Å². The molecule has 13 heavy (non-hydrogen) atoms. The van der Waals surface area contributed by atoms with Gasteiger partial charge in [0.05, 0.1) is 5.51 Å². The summed E-state index contributed by atoms with van der Waals surface area (Å²) in [5.41, 5.74) is 1.89. The minimum Gasteiger partial charge on any atom is -0.308 e. The van der Waals surface area contributed by atoms with E-state index in [0.29, 0.717) is 6.04 Å². The van der Waals surface area contributed by atoms with Crippen LogP contribution >= 0.6 is 23.1 Å². The SMILES string of the molecule is CC1SCCC1NCc1cncs1. The van der Waals surface area contributed by atoms with Crippen molar-refractivity contribution in [2.45, 2.75) is 31.2 Å². The molecule has 1 aromatic heterocycles. The van der Waals surface area contributed by atoms with E-state index in [-0.39, 0.29) is 0 Å². The molecule has 0 amide bonds. The van der Waals surface area contributed by atoms with Gasteiger partial charge in [-0.15, -0.1) is 11.3 Å². The first-order valence-electron chi connectivity index (χ1n) is 4.58. The van der Waals surface area contributed by atoms with Crippen LogP contribution in [0.5, 0.6) is 0 Å². The van der Waals surface area contributed by atoms with Gasteiger partial charge in [0.1, 0.15) is 0 Å². The fourth-order valence-corrected chi connectivity index (χ4v) is 3.33. The second kappa shape index (κ2) is 4.44. The van der Waals surface area contributed by atoms with E-state index in [1.165, 1.54) is 17.1 Å². The van der Waals surface area contributed by atoms with E-state index in [4.69, 9.17) is 0 Å². The summed E-state index contributed by atoms with van der Waals surface area (Å²) in [7, 11) is 0. The molecular weight excluding hydrogens is 200 g/mol. The first-order valence-corrected chi connectivity index (χ1v) is 6.51. The highest BCUT2D eigenvalue weighted by Crippen LogP contribution is 2.26. The summed E-state index contributed by atoms with van der Waals surface area (Å²) < 4.78 is 0. The van der Waals surface area contributed by atoms with Crippen molar-refractivity contribution in [3.05, 3.63) is 16.6 Å². The lowest BCUT2D eigenvalue weighted by molar-refractivity contribution is 0.515. The van der Waals surface area contributed by atoms with Crippen LogP contribution in [0.4, 0.5) is 0 Å². The number of hydrogen-bond donors (Lipinski definition) is 1. The van der Waals surface area contributed by atoms with Crippen molar-refractivity contribution in [3.63, 3.8) is 0 Å². The summed E-state index contributed by atoms with van der Waals surface area (Å²) in [6, 6.07) is 0.701. The average molecular weight is 214 g/mol. The molecule has 0 saturated carbocycles. The third-order valence-electron chi connectivity index (χ3n) is 2.40. The highest BCUT2D eigenvalue weighted by molar-refractivity contribution is 8.00. The number of aromatic nitrogens is 1. The summed E-state index contributed by atoms with van der Waals surface area (Å²) in [5.74, 6) is 1.31. The number of hydrogen-bond acceptors (Lipinski definition) is 4. The van der Waals surface area contributed by atoms with Crippen molar-refractivity contribution in [3.8, 4) is 0 Å². The number of nitrogens with zero attached hydrogens (tertiary/aromatic N) is 1. The number of thiazole rings is 1. The maximum atomic E-state index is 4.06. The molecule has 2 nitrogen and oxygen atoms in total. The van der Waals surface area contributed by atoms with Gasteiger partial charge in [-0.2, -0.15) is 11.8 Å². The summed E-state index contributed by atoms with van der Waals surface area (Å²) >= 11 is 3.79. The molecule has 72 valence electrons. The van der Waals surface area contributed by atoms with E-state index in [1.807, 2.05) is 11.7 Å². The third kappa shape index (κ3) is 2.45. The first-order chi connectivity index (χ1) is 6.36. The molecule has 1 aliphatic heterocycles. The summed E-state index contributed by atoms with van der Waals surface area (Å²) in [4.78, 5) is 5.40. The lowest BCUT2D eigenvalue weighted by atomic mass is 10.2. The largest absolute Gasteiger partial charge is 0.308 e. The predicted octanol–water partition coefficient (Wildman–Crippen LogP) is 2.13. The first kappa shape index (κ1) is 9.49.